The predicted octanol–water partition coefficient (Wildman–Crippen LogP) is 3.99. The van der Waals surface area contributed by atoms with Gasteiger partial charge in [0.2, 0.25) is 5.91 Å². The lowest BCUT2D eigenvalue weighted by Crippen LogP contribution is -2.45. The Morgan fingerprint density at radius 3 is 2.46 bits per heavy atom. The first-order chi connectivity index (χ1) is 13.5. The summed E-state index contributed by atoms with van der Waals surface area (Å²) in [6.45, 7) is 6.37. The molecule has 5 nitrogen and oxygen atoms in total. The summed E-state index contributed by atoms with van der Waals surface area (Å²) in [7, 11) is 0. The Kier molecular flexibility index (Phi) is 7.29. The van der Waals surface area contributed by atoms with Crippen molar-refractivity contribution in [2.75, 3.05) is 18.0 Å². The predicted molar refractivity (Wildman–Crippen MR) is 113 cm³/mol. The van der Waals surface area contributed by atoms with Crippen molar-refractivity contribution in [2.45, 2.75) is 51.9 Å². The molecule has 1 N–H and O–H groups in total. The maximum atomic E-state index is 12.1. The molecule has 28 heavy (non-hydrogen) atoms. The Hall–Kier alpha value is -2.11. The summed E-state index contributed by atoms with van der Waals surface area (Å²) < 4.78 is 5.77. The van der Waals surface area contributed by atoms with Gasteiger partial charge < -0.3 is 15.0 Å². The van der Waals surface area contributed by atoms with Gasteiger partial charge in [0.1, 0.15) is 5.82 Å². The summed E-state index contributed by atoms with van der Waals surface area (Å²) in [5, 5.41) is 3.71. The molecule has 0 bridgehead atoms. The van der Waals surface area contributed by atoms with Gasteiger partial charge in [-0.1, -0.05) is 29.8 Å². The number of carbonyl (C=O) groups excluding carboxylic acids is 1. The normalized spacial score (nSPS) is 19.5. The number of nitrogens with one attached hydrogen (secondary N) is 1. The number of pyridine rings is 1. The number of amides is 1. The standard InChI is InChI=1S/C22H28ClN3O2/c1-16-14-26(15-17(2)28-16)21-11-8-19(12-24-21)13-25-22(27)5-3-4-18-6-9-20(23)10-7-18/h6-12,16-17H,3-5,13-15H2,1-2H3,(H,25,27)/t16-,17-/m0/s1. The van der Waals surface area contributed by atoms with Gasteiger partial charge in [0, 0.05) is 37.3 Å². The molecule has 1 aliphatic rings. The van der Waals surface area contributed by atoms with Gasteiger partial charge in [-0.05, 0) is 56.0 Å². The van der Waals surface area contributed by atoms with Gasteiger partial charge in [-0.2, -0.15) is 0 Å². The van der Waals surface area contributed by atoms with E-state index in [9.17, 15) is 4.79 Å². The maximum Gasteiger partial charge on any atom is 0.220 e. The molecule has 1 saturated heterocycles. The second kappa shape index (κ2) is 9.89. The van der Waals surface area contributed by atoms with E-state index >= 15 is 0 Å². The van der Waals surface area contributed by atoms with Gasteiger partial charge in [-0.15, -0.1) is 0 Å². The molecule has 1 amide bonds. The van der Waals surface area contributed by atoms with E-state index in [0.29, 0.717) is 13.0 Å². The highest BCUT2D eigenvalue weighted by molar-refractivity contribution is 6.30. The van der Waals surface area contributed by atoms with Crippen LogP contribution in [-0.4, -0.2) is 36.2 Å². The largest absolute Gasteiger partial charge is 0.372 e. The molecule has 0 unspecified atom stereocenters. The summed E-state index contributed by atoms with van der Waals surface area (Å²) in [5.41, 5.74) is 2.20. The van der Waals surface area contributed by atoms with Crippen LogP contribution in [0.3, 0.4) is 0 Å². The monoisotopic (exact) mass is 401 g/mol. The van der Waals surface area contributed by atoms with Crippen LogP contribution in [0.25, 0.3) is 0 Å². The quantitative estimate of drug-likeness (QED) is 0.762. The zero-order valence-corrected chi connectivity index (χ0v) is 17.3. The molecule has 0 radical (unpaired) electrons. The lowest BCUT2D eigenvalue weighted by molar-refractivity contribution is -0.121. The minimum absolute atomic E-state index is 0.0638. The van der Waals surface area contributed by atoms with Crippen molar-refractivity contribution in [1.29, 1.82) is 0 Å². The molecule has 0 saturated carbocycles. The molecule has 2 aromatic rings. The third-order valence-corrected chi connectivity index (χ3v) is 5.08. The number of anilines is 1. The van der Waals surface area contributed by atoms with Crippen LogP contribution in [0.4, 0.5) is 5.82 Å². The third kappa shape index (κ3) is 6.21. The topological polar surface area (TPSA) is 54.5 Å². The number of hydrogen-bond donors (Lipinski definition) is 1. The number of nitrogens with zero attached hydrogens (tertiary/aromatic N) is 2. The van der Waals surface area contributed by atoms with Crippen molar-refractivity contribution in [3.63, 3.8) is 0 Å². The van der Waals surface area contributed by atoms with Crippen LogP contribution in [0.1, 0.15) is 37.8 Å². The fourth-order valence-electron chi connectivity index (χ4n) is 3.47. The number of ether oxygens (including phenoxy) is 1. The van der Waals surface area contributed by atoms with E-state index in [2.05, 4.69) is 29.0 Å². The number of rotatable bonds is 7. The molecule has 1 aliphatic heterocycles. The lowest BCUT2D eigenvalue weighted by Gasteiger charge is -2.36. The fourth-order valence-corrected chi connectivity index (χ4v) is 3.59. The molecular weight excluding hydrogens is 374 g/mol. The first-order valence-corrected chi connectivity index (χ1v) is 10.2. The van der Waals surface area contributed by atoms with Gasteiger partial charge in [-0.3, -0.25) is 4.79 Å². The SMILES string of the molecule is C[C@H]1CN(c2ccc(CNC(=O)CCCc3ccc(Cl)cc3)cn2)C[C@H](C)O1. The molecule has 0 spiro atoms. The average molecular weight is 402 g/mol. The Bertz CT molecular complexity index is 754. The highest BCUT2D eigenvalue weighted by Crippen LogP contribution is 2.18. The van der Waals surface area contributed by atoms with Crippen molar-refractivity contribution in [1.82, 2.24) is 10.3 Å². The fraction of sp³-hybridized carbons (Fsp3) is 0.455. The molecule has 1 fully saturated rings. The van der Waals surface area contributed by atoms with Crippen LogP contribution >= 0.6 is 11.6 Å². The molecule has 6 heteroatoms. The summed E-state index contributed by atoms with van der Waals surface area (Å²) in [4.78, 5) is 18.9. The van der Waals surface area contributed by atoms with E-state index in [0.717, 1.165) is 42.3 Å². The van der Waals surface area contributed by atoms with Crippen LogP contribution in [0.5, 0.6) is 0 Å². The van der Waals surface area contributed by atoms with Crippen LogP contribution in [0, 0.1) is 0 Å². The van der Waals surface area contributed by atoms with Crippen molar-refractivity contribution in [3.8, 4) is 0 Å². The van der Waals surface area contributed by atoms with Crippen LogP contribution < -0.4 is 10.2 Å². The number of hydrogen-bond acceptors (Lipinski definition) is 4. The zero-order chi connectivity index (χ0) is 19.9. The molecule has 150 valence electrons. The molecule has 2 atom stereocenters. The molecule has 3 rings (SSSR count). The highest BCUT2D eigenvalue weighted by Gasteiger charge is 2.22. The first-order valence-electron chi connectivity index (χ1n) is 9.86. The van der Waals surface area contributed by atoms with Gasteiger partial charge >= 0.3 is 0 Å². The number of benzene rings is 1. The van der Waals surface area contributed by atoms with Gasteiger partial charge in [0.05, 0.1) is 12.2 Å². The lowest BCUT2D eigenvalue weighted by atomic mass is 10.1. The third-order valence-electron chi connectivity index (χ3n) is 4.82. The van der Waals surface area contributed by atoms with E-state index < -0.39 is 0 Å². The van der Waals surface area contributed by atoms with Crippen molar-refractivity contribution in [2.24, 2.45) is 0 Å². The average Bonchev–Trinajstić information content (AvgIpc) is 2.67. The van der Waals surface area contributed by atoms with Crippen LogP contribution in [-0.2, 0) is 22.5 Å². The minimum Gasteiger partial charge on any atom is -0.372 e. The number of halogens is 1. The van der Waals surface area contributed by atoms with E-state index in [1.54, 1.807) is 0 Å². The zero-order valence-electron chi connectivity index (χ0n) is 16.5. The van der Waals surface area contributed by atoms with E-state index in [-0.39, 0.29) is 18.1 Å². The number of aryl methyl sites for hydroxylation is 1. The van der Waals surface area contributed by atoms with Crippen LogP contribution in [0.15, 0.2) is 42.6 Å². The Morgan fingerprint density at radius 2 is 1.82 bits per heavy atom. The van der Waals surface area contributed by atoms with E-state index in [1.165, 1.54) is 5.56 Å². The number of carbonyl (C=O) groups is 1. The molecule has 1 aromatic carbocycles. The summed E-state index contributed by atoms with van der Waals surface area (Å²) in [5.74, 6) is 1.02. The molecule has 0 aliphatic carbocycles. The first kappa shape index (κ1) is 20.6. The van der Waals surface area contributed by atoms with Gasteiger partial charge in [0.15, 0.2) is 0 Å². The highest BCUT2D eigenvalue weighted by atomic mass is 35.5. The van der Waals surface area contributed by atoms with Gasteiger partial charge in [-0.25, -0.2) is 4.98 Å². The summed E-state index contributed by atoms with van der Waals surface area (Å²) in [6, 6.07) is 11.8. The van der Waals surface area contributed by atoms with Crippen molar-refractivity contribution >= 4 is 23.3 Å². The maximum absolute atomic E-state index is 12.1. The van der Waals surface area contributed by atoms with E-state index in [4.69, 9.17) is 16.3 Å². The molecule has 1 aromatic heterocycles. The van der Waals surface area contributed by atoms with Crippen molar-refractivity contribution in [3.05, 3.63) is 58.7 Å². The number of morpholine rings is 1. The minimum atomic E-state index is 0.0638. The second-order valence-electron chi connectivity index (χ2n) is 7.44. The van der Waals surface area contributed by atoms with Crippen molar-refractivity contribution < 1.29 is 9.53 Å². The Balaban J connectivity index is 1.40. The Labute approximate surface area is 172 Å². The summed E-state index contributed by atoms with van der Waals surface area (Å²) >= 11 is 5.88. The van der Waals surface area contributed by atoms with Crippen LogP contribution in [0.2, 0.25) is 5.02 Å². The van der Waals surface area contributed by atoms with Gasteiger partial charge in [0.25, 0.3) is 0 Å². The van der Waals surface area contributed by atoms with E-state index in [1.807, 2.05) is 42.6 Å². The Morgan fingerprint density at radius 1 is 1.14 bits per heavy atom. The molecular formula is C22H28ClN3O2. The summed E-state index contributed by atoms with van der Waals surface area (Å²) in [6.07, 6.45) is 4.45. The number of aromatic nitrogens is 1. The smallest absolute Gasteiger partial charge is 0.220 e. The molecule has 2 heterocycles. The second-order valence-corrected chi connectivity index (χ2v) is 7.88.